The zero-order valence-electron chi connectivity index (χ0n) is 8.59. The van der Waals surface area contributed by atoms with Crippen LogP contribution in [-0.2, 0) is 9.36 Å². The molecule has 1 rings (SSSR count). The van der Waals surface area contributed by atoms with Crippen LogP contribution in [0.25, 0.3) is 0 Å². The van der Waals surface area contributed by atoms with E-state index in [9.17, 15) is 9.36 Å². The number of hydrogen-bond donors (Lipinski definition) is 5. The maximum Gasteiger partial charge on any atom is 0.331 e. The lowest BCUT2D eigenvalue weighted by atomic mass is 9.87. The molecule has 0 aromatic rings. The van der Waals surface area contributed by atoms with Crippen molar-refractivity contribution >= 4 is 19.3 Å². The van der Waals surface area contributed by atoms with Crippen molar-refractivity contribution in [2.45, 2.75) is 18.9 Å². The van der Waals surface area contributed by atoms with Crippen LogP contribution >= 0.6 is 7.60 Å². The maximum atomic E-state index is 10.9. The van der Waals surface area contributed by atoms with Crippen molar-refractivity contribution in [2.75, 3.05) is 12.7 Å². The van der Waals surface area contributed by atoms with Crippen LogP contribution in [0.3, 0.4) is 0 Å². The molecule has 1 saturated heterocycles. The first-order valence-electron chi connectivity index (χ1n) is 4.89. The van der Waals surface area contributed by atoms with Gasteiger partial charge >= 0.3 is 13.6 Å². The van der Waals surface area contributed by atoms with E-state index in [2.05, 4.69) is 5.32 Å². The quantitative estimate of drug-likeness (QED) is 0.342. The second-order valence-electron chi connectivity index (χ2n) is 3.87. The Hall–Kier alpha value is -0.750. The predicted octanol–water partition coefficient (Wildman–Crippen LogP) is -0.363. The lowest BCUT2D eigenvalue weighted by Crippen LogP contribution is -2.50. The minimum atomic E-state index is -4.29. The molecular formula is C8H15N2O5P. The van der Waals surface area contributed by atoms with Gasteiger partial charge in [-0.25, -0.2) is 0 Å². The second kappa shape index (κ2) is 5.05. The highest BCUT2D eigenvalue weighted by atomic mass is 31.2. The average molecular weight is 250 g/mol. The van der Waals surface area contributed by atoms with E-state index in [1.165, 1.54) is 0 Å². The molecule has 1 fully saturated rings. The first-order valence-corrected chi connectivity index (χ1v) is 6.69. The lowest BCUT2D eigenvalue weighted by Gasteiger charge is -2.30. The van der Waals surface area contributed by atoms with Gasteiger partial charge in [-0.2, -0.15) is 0 Å². The fraction of sp³-hybridized carbons (Fsp3) is 0.750. The van der Waals surface area contributed by atoms with Gasteiger partial charge in [0.15, 0.2) is 0 Å². The monoisotopic (exact) mass is 250 g/mol. The molecule has 0 aliphatic carbocycles. The van der Waals surface area contributed by atoms with E-state index in [4.69, 9.17) is 20.3 Å². The molecular weight excluding hydrogens is 235 g/mol. The number of carboxylic acid groups (broad SMARTS) is 1. The molecule has 0 aromatic heterocycles. The van der Waals surface area contributed by atoms with E-state index < -0.39 is 31.7 Å². The summed E-state index contributed by atoms with van der Waals surface area (Å²) in [6, 6.07) is -0.909. The Labute approximate surface area is 92.5 Å². The van der Waals surface area contributed by atoms with Crippen LogP contribution in [0, 0.1) is 11.3 Å². The Balaban J connectivity index is 2.72. The van der Waals surface area contributed by atoms with Crippen LogP contribution in [-0.4, -0.2) is 45.3 Å². The molecule has 0 amide bonds. The van der Waals surface area contributed by atoms with Crippen LogP contribution in [0.15, 0.2) is 0 Å². The summed E-state index contributed by atoms with van der Waals surface area (Å²) >= 11 is 0. The average Bonchev–Trinajstić information content (AvgIpc) is 2.15. The number of piperidine rings is 1. The summed E-state index contributed by atoms with van der Waals surface area (Å²) in [5, 5.41) is 19.2. The van der Waals surface area contributed by atoms with Gasteiger partial charge in [-0.15, -0.1) is 0 Å². The standard InChI is InChI=1S/C8H15N2O5P/c9-6(4-16(13,14)15)5-2-1-3-10-7(5)8(11)12/h5,7,9-10H,1-4H2,(H,11,12)(H2,13,14,15)/t5-,7+/m0/s1. The summed E-state index contributed by atoms with van der Waals surface area (Å²) < 4.78 is 10.7. The minimum Gasteiger partial charge on any atom is -0.480 e. The molecule has 0 unspecified atom stereocenters. The van der Waals surface area contributed by atoms with E-state index >= 15 is 0 Å². The highest BCUT2D eigenvalue weighted by molar-refractivity contribution is 7.52. The van der Waals surface area contributed by atoms with Gasteiger partial charge in [-0.3, -0.25) is 9.36 Å². The van der Waals surface area contributed by atoms with Gasteiger partial charge in [0.1, 0.15) is 6.04 Å². The molecule has 7 nitrogen and oxygen atoms in total. The predicted molar refractivity (Wildman–Crippen MR) is 56.8 cm³/mol. The molecule has 1 aliphatic heterocycles. The van der Waals surface area contributed by atoms with Crippen molar-refractivity contribution in [2.24, 2.45) is 5.92 Å². The minimum absolute atomic E-state index is 0.187. The first kappa shape index (κ1) is 13.3. The SMILES string of the molecule is N=C(CP(=O)(O)O)[C@@H]1CCCN[C@H]1C(=O)O. The normalized spacial score (nSPS) is 26.4. The Bertz CT molecular complexity index is 339. The van der Waals surface area contributed by atoms with Crippen LogP contribution in [0.2, 0.25) is 0 Å². The van der Waals surface area contributed by atoms with Crippen molar-refractivity contribution in [1.82, 2.24) is 5.32 Å². The molecule has 0 bridgehead atoms. The second-order valence-corrected chi connectivity index (χ2v) is 5.51. The molecule has 0 spiro atoms. The third kappa shape index (κ3) is 3.68. The smallest absolute Gasteiger partial charge is 0.331 e. The fourth-order valence-electron chi connectivity index (χ4n) is 1.86. The summed E-state index contributed by atoms with van der Waals surface area (Å²) in [4.78, 5) is 28.4. The van der Waals surface area contributed by atoms with Crippen LogP contribution in [0.5, 0.6) is 0 Å². The molecule has 0 saturated carbocycles. The van der Waals surface area contributed by atoms with Gasteiger partial charge < -0.3 is 25.6 Å². The molecule has 16 heavy (non-hydrogen) atoms. The van der Waals surface area contributed by atoms with E-state index in [0.29, 0.717) is 19.4 Å². The largest absolute Gasteiger partial charge is 0.480 e. The van der Waals surface area contributed by atoms with Crippen molar-refractivity contribution in [3.63, 3.8) is 0 Å². The summed E-state index contributed by atoms with van der Waals surface area (Å²) in [6.07, 6.45) is 0.518. The van der Waals surface area contributed by atoms with Gasteiger partial charge in [0.25, 0.3) is 0 Å². The number of rotatable bonds is 4. The van der Waals surface area contributed by atoms with Crippen molar-refractivity contribution in [3.8, 4) is 0 Å². The van der Waals surface area contributed by atoms with Gasteiger partial charge in [-0.05, 0) is 19.4 Å². The third-order valence-corrected chi connectivity index (χ3v) is 3.30. The van der Waals surface area contributed by atoms with Gasteiger partial charge in [0, 0.05) is 11.6 Å². The first-order chi connectivity index (χ1) is 7.31. The Morgan fingerprint density at radius 1 is 1.50 bits per heavy atom. The molecule has 0 radical (unpaired) electrons. The topological polar surface area (TPSA) is 131 Å². The summed E-state index contributed by atoms with van der Waals surface area (Å²) in [5.74, 6) is -1.71. The number of aliphatic carboxylic acids is 1. The Kier molecular flexibility index (Phi) is 4.21. The van der Waals surface area contributed by atoms with E-state index in [1.54, 1.807) is 0 Å². The van der Waals surface area contributed by atoms with Gasteiger partial charge in [0.05, 0.1) is 6.16 Å². The van der Waals surface area contributed by atoms with Crippen LogP contribution in [0.1, 0.15) is 12.8 Å². The molecule has 1 heterocycles. The molecule has 2 atom stereocenters. The lowest BCUT2D eigenvalue weighted by molar-refractivity contribution is -0.140. The van der Waals surface area contributed by atoms with Crippen LogP contribution < -0.4 is 5.32 Å². The highest BCUT2D eigenvalue weighted by Crippen LogP contribution is 2.36. The number of nitrogens with one attached hydrogen (secondary N) is 2. The van der Waals surface area contributed by atoms with E-state index in [-0.39, 0.29) is 5.71 Å². The van der Waals surface area contributed by atoms with Crippen molar-refractivity contribution < 1.29 is 24.3 Å². The Morgan fingerprint density at radius 2 is 2.12 bits per heavy atom. The molecule has 0 aromatic carbocycles. The van der Waals surface area contributed by atoms with E-state index in [1.807, 2.05) is 0 Å². The third-order valence-electron chi connectivity index (χ3n) is 2.55. The maximum absolute atomic E-state index is 10.9. The van der Waals surface area contributed by atoms with Crippen molar-refractivity contribution in [3.05, 3.63) is 0 Å². The number of carboxylic acids is 1. The molecule has 5 N–H and O–H groups in total. The molecule has 92 valence electrons. The Morgan fingerprint density at radius 3 is 2.62 bits per heavy atom. The van der Waals surface area contributed by atoms with Crippen LogP contribution in [0.4, 0.5) is 0 Å². The fourth-order valence-corrected chi connectivity index (χ4v) is 2.54. The highest BCUT2D eigenvalue weighted by Gasteiger charge is 2.35. The van der Waals surface area contributed by atoms with Gasteiger partial charge in [0.2, 0.25) is 0 Å². The molecule has 1 aliphatic rings. The molecule has 8 heteroatoms. The summed E-state index contributed by atoms with van der Waals surface area (Å²) in [6.45, 7) is 0.552. The summed E-state index contributed by atoms with van der Waals surface area (Å²) in [7, 11) is -4.29. The number of carbonyl (C=O) groups is 1. The zero-order chi connectivity index (χ0) is 12.3. The summed E-state index contributed by atoms with van der Waals surface area (Å²) in [5.41, 5.74) is -0.187. The number of hydrogen-bond acceptors (Lipinski definition) is 4. The zero-order valence-corrected chi connectivity index (χ0v) is 9.48. The van der Waals surface area contributed by atoms with Gasteiger partial charge in [-0.1, -0.05) is 0 Å². The van der Waals surface area contributed by atoms with E-state index in [0.717, 1.165) is 0 Å². The van der Waals surface area contributed by atoms with Crippen molar-refractivity contribution in [1.29, 1.82) is 5.41 Å².